The Morgan fingerprint density at radius 1 is 0.800 bits per heavy atom. The van der Waals surface area contributed by atoms with Crippen molar-refractivity contribution in [1.82, 2.24) is 5.32 Å². The van der Waals surface area contributed by atoms with Gasteiger partial charge in [-0.15, -0.1) is 0 Å². The van der Waals surface area contributed by atoms with Crippen molar-refractivity contribution in [2.75, 3.05) is 19.1 Å². The molecule has 1 heterocycles. The number of hydrogen-bond donors (Lipinski definition) is 1. The molecule has 0 aliphatic carbocycles. The summed E-state index contributed by atoms with van der Waals surface area (Å²) in [4.78, 5) is 51.5. The van der Waals surface area contributed by atoms with Crippen molar-refractivity contribution in [3.05, 3.63) is 124 Å². The Hall–Kier alpha value is -5.61. The summed E-state index contributed by atoms with van der Waals surface area (Å²) in [6, 6.07) is 24.6. The first-order valence-electron chi connectivity index (χ1n) is 13.6. The van der Waals surface area contributed by atoms with Crippen LogP contribution in [0, 0.1) is 0 Å². The molecular weight excluding hydrogens is 600 g/mol. The Labute approximate surface area is 263 Å². The van der Waals surface area contributed by atoms with Gasteiger partial charge in [0.15, 0.2) is 11.5 Å². The molecule has 1 N–H and O–H groups in total. The van der Waals surface area contributed by atoms with Crippen molar-refractivity contribution >= 4 is 47.2 Å². The predicted molar refractivity (Wildman–Crippen MR) is 166 cm³/mol. The fourth-order valence-corrected chi connectivity index (χ4v) is 4.67. The fourth-order valence-electron chi connectivity index (χ4n) is 4.49. The predicted octanol–water partition coefficient (Wildman–Crippen LogP) is 5.96. The number of anilines is 1. The lowest BCUT2D eigenvalue weighted by Crippen LogP contribution is -2.54. The van der Waals surface area contributed by atoms with Crippen molar-refractivity contribution < 1.29 is 38.1 Å². The molecule has 1 fully saturated rings. The van der Waals surface area contributed by atoms with Gasteiger partial charge >= 0.3 is 12.0 Å². The summed E-state index contributed by atoms with van der Waals surface area (Å²) in [7, 11) is 2.79. The third-order valence-corrected chi connectivity index (χ3v) is 7.01. The average molecular weight is 627 g/mol. The number of carbonyl (C=O) groups is 4. The maximum Gasteiger partial charge on any atom is 0.337 e. The molecule has 45 heavy (non-hydrogen) atoms. The molecule has 0 radical (unpaired) electrons. The van der Waals surface area contributed by atoms with Crippen LogP contribution in [-0.4, -0.2) is 38.0 Å². The number of rotatable bonds is 10. The van der Waals surface area contributed by atoms with Gasteiger partial charge in [-0.25, -0.2) is 14.5 Å². The van der Waals surface area contributed by atoms with E-state index in [4.69, 9.17) is 25.8 Å². The summed E-state index contributed by atoms with van der Waals surface area (Å²) >= 11 is 6.25. The normalized spacial score (nSPS) is 13.8. The number of benzene rings is 4. The Bertz CT molecular complexity index is 1790. The molecule has 5 rings (SSSR count). The molecule has 1 saturated heterocycles. The zero-order chi connectivity index (χ0) is 31.9. The zero-order valence-corrected chi connectivity index (χ0v) is 25.0. The molecule has 0 aromatic heterocycles. The van der Waals surface area contributed by atoms with Crippen molar-refractivity contribution in [2.45, 2.75) is 13.2 Å². The van der Waals surface area contributed by atoms with Crippen LogP contribution in [0.15, 0.2) is 96.6 Å². The molecule has 4 aromatic rings. The van der Waals surface area contributed by atoms with Gasteiger partial charge in [0, 0.05) is 10.6 Å². The number of amides is 4. The summed E-state index contributed by atoms with van der Waals surface area (Å²) in [5.74, 6) is -0.888. The summed E-state index contributed by atoms with van der Waals surface area (Å²) in [5, 5.41) is 2.51. The molecule has 11 heteroatoms. The number of barbiturate groups is 1. The van der Waals surface area contributed by atoms with Crippen LogP contribution < -0.4 is 24.4 Å². The second-order valence-electron chi connectivity index (χ2n) is 9.73. The van der Waals surface area contributed by atoms with Gasteiger partial charge in [0.25, 0.3) is 11.8 Å². The summed E-state index contributed by atoms with van der Waals surface area (Å²) in [6.45, 7) is 0.494. The van der Waals surface area contributed by atoms with Gasteiger partial charge in [-0.1, -0.05) is 48.0 Å². The number of imide groups is 2. The highest BCUT2D eigenvalue weighted by molar-refractivity contribution is 6.39. The number of esters is 1. The lowest BCUT2D eigenvalue weighted by molar-refractivity contribution is -0.122. The number of methoxy groups -OCH3 is 2. The second-order valence-corrected chi connectivity index (χ2v) is 10.2. The van der Waals surface area contributed by atoms with Crippen LogP contribution in [-0.2, 0) is 27.5 Å². The molecule has 10 nitrogen and oxygen atoms in total. The Kier molecular flexibility index (Phi) is 9.45. The molecule has 0 unspecified atom stereocenters. The van der Waals surface area contributed by atoms with Gasteiger partial charge in [-0.05, 0) is 71.8 Å². The van der Waals surface area contributed by atoms with Crippen LogP contribution in [0.4, 0.5) is 10.5 Å². The van der Waals surface area contributed by atoms with Gasteiger partial charge in [0.05, 0.1) is 25.5 Å². The standard InChI is InChI=1S/C34H27ClN2O8/c1-42-30-16-22(8-14-29(30)45-19-21-6-4-3-5-7-21)20-44-28-15-11-25(35)17-24(28)18-27-31(38)36-34(41)37(32(27)39)26-12-9-23(10-13-26)33(40)43-2/h3-18H,19-20H2,1-2H3,(H,36,38,41)/b27-18-. The summed E-state index contributed by atoms with van der Waals surface area (Å²) in [6.07, 6.45) is 1.31. The molecule has 0 atom stereocenters. The van der Waals surface area contributed by atoms with Crippen LogP contribution in [0.1, 0.15) is 27.0 Å². The number of urea groups is 1. The first-order chi connectivity index (χ1) is 21.8. The minimum absolute atomic E-state index is 0.116. The third-order valence-electron chi connectivity index (χ3n) is 6.78. The average Bonchev–Trinajstić information content (AvgIpc) is 3.05. The van der Waals surface area contributed by atoms with Crippen LogP contribution in [0.2, 0.25) is 5.02 Å². The van der Waals surface area contributed by atoms with E-state index >= 15 is 0 Å². The minimum atomic E-state index is -0.930. The number of ether oxygens (including phenoxy) is 4. The van der Waals surface area contributed by atoms with Crippen LogP contribution in [0.25, 0.3) is 6.08 Å². The Balaban J connectivity index is 1.35. The topological polar surface area (TPSA) is 120 Å². The maximum atomic E-state index is 13.4. The van der Waals surface area contributed by atoms with E-state index in [-0.39, 0.29) is 23.4 Å². The van der Waals surface area contributed by atoms with E-state index in [1.54, 1.807) is 31.4 Å². The Morgan fingerprint density at radius 3 is 2.20 bits per heavy atom. The molecule has 0 spiro atoms. The van der Waals surface area contributed by atoms with Crippen molar-refractivity contribution in [3.63, 3.8) is 0 Å². The van der Waals surface area contributed by atoms with Gasteiger partial charge < -0.3 is 18.9 Å². The lowest BCUT2D eigenvalue weighted by atomic mass is 10.1. The number of halogens is 1. The molecule has 0 saturated carbocycles. The SMILES string of the molecule is COC(=O)c1ccc(N2C(=O)NC(=O)/C(=C/c3cc(Cl)ccc3OCc3ccc(OCc4ccccc4)c(OC)c3)C2=O)cc1. The first-order valence-corrected chi connectivity index (χ1v) is 14.0. The minimum Gasteiger partial charge on any atom is -0.493 e. The highest BCUT2D eigenvalue weighted by Crippen LogP contribution is 2.31. The largest absolute Gasteiger partial charge is 0.493 e. The summed E-state index contributed by atoms with van der Waals surface area (Å²) in [5.41, 5.74) is 2.19. The van der Waals surface area contributed by atoms with E-state index in [0.29, 0.717) is 34.4 Å². The van der Waals surface area contributed by atoms with Crippen molar-refractivity contribution in [1.29, 1.82) is 0 Å². The van der Waals surface area contributed by atoms with Crippen molar-refractivity contribution in [3.8, 4) is 17.2 Å². The van der Waals surface area contributed by atoms with Gasteiger partial charge in [-0.3, -0.25) is 14.9 Å². The van der Waals surface area contributed by atoms with Crippen LogP contribution >= 0.6 is 11.6 Å². The molecule has 4 aromatic carbocycles. The number of hydrogen-bond acceptors (Lipinski definition) is 8. The second kappa shape index (κ2) is 13.8. The van der Waals surface area contributed by atoms with Crippen LogP contribution in [0.5, 0.6) is 17.2 Å². The third kappa shape index (κ3) is 7.14. The van der Waals surface area contributed by atoms with Gasteiger partial charge in [-0.2, -0.15) is 0 Å². The van der Waals surface area contributed by atoms with Gasteiger partial charge in [0.1, 0.15) is 24.5 Å². The zero-order valence-electron chi connectivity index (χ0n) is 24.2. The molecule has 228 valence electrons. The lowest BCUT2D eigenvalue weighted by Gasteiger charge is -2.26. The number of nitrogens with zero attached hydrogens (tertiary/aromatic N) is 1. The summed E-state index contributed by atoms with van der Waals surface area (Å²) < 4.78 is 22.2. The van der Waals surface area contributed by atoms with E-state index in [9.17, 15) is 19.2 Å². The smallest absolute Gasteiger partial charge is 0.337 e. The first kappa shape index (κ1) is 30.8. The Morgan fingerprint density at radius 2 is 1.49 bits per heavy atom. The van der Waals surface area contributed by atoms with E-state index in [0.717, 1.165) is 16.0 Å². The van der Waals surface area contributed by atoms with E-state index in [1.807, 2.05) is 36.4 Å². The molecule has 4 amide bonds. The molecule has 0 bridgehead atoms. The van der Waals surface area contributed by atoms with E-state index in [1.165, 1.54) is 43.5 Å². The number of carbonyl (C=O) groups excluding carboxylic acids is 4. The monoisotopic (exact) mass is 626 g/mol. The highest BCUT2D eigenvalue weighted by atomic mass is 35.5. The molecule has 1 aliphatic rings. The highest BCUT2D eigenvalue weighted by Gasteiger charge is 2.37. The van der Waals surface area contributed by atoms with E-state index in [2.05, 4.69) is 10.1 Å². The van der Waals surface area contributed by atoms with Gasteiger partial charge in [0.2, 0.25) is 0 Å². The van der Waals surface area contributed by atoms with E-state index < -0.39 is 23.8 Å². The number of nitrogens with one attached hydrogen (secondary N) is 1. The van der Waals surface area contributed by atoms with Crippen LogP contribution in [0.3, 0.4) is 0 Å². The molecule has 1 aliphatic heterocycles. The fraction of sp³-hybridized carbons (Fsp3) is 0.118. The quantitative estimate of drug-likeness (QED) is 0.130. The maximum absolute atomic E-state index is 13.4. The molecular formula is C34H27ClN2O8. The van der Waals surface area contributed by atoms with Crippen molar-refractivity contribution in [2.24, 2.45) is 0 Å².